The first-order valence-electron chi connectivity index (χ1n) is 5.97. The lowest BCUT2D eigenvalue weighted by Gasteiger charge is -2.36. The Morgan fingerprint density at radius 2 is 1.93 bits per heavy atom. The lowest BCUT2D eigenvalue weighted by atomic mass is 9.78. The third-order valence-corrected chi connectivity index (χ3v) is 3.89. The number of rotatable bonds is 4. The molecule has 0 unspecified atom stereocenters. The smallest absolute Gasteiger partial charge is 0.137 e. The van der Waals surface area contributed by atoms with E-state index in [1.54, 1.807) is 0 Å². The zero-order valence-electron chi connectivity index (χ0n) is 9.14. The van der Waals surface area contributed by atoms with Gasteiger partial charge in [-0.15, -0.1) is 0 Å². The summed E-state index contributed by atoms with van der Waals surface area (Å²) in [5, 5.41) is 3.41. The van der Waals surface area contributed by atoms with E-state index in [1.807, 2.05) is 7.05 Å². The second-order valence-corrected chi connectivity index (χ2v) is 5.01. The molecule has 2 aliphatic rings. The molecule has 2 rings (SSSR count). The Morgan fingerprint density at radius 3 is 2.43 bits per heavy atom. The van der Waals surface area contributed by atoms with Crippen molar-refractivity contribution in [2.45, 2.75) is 56.9 Å². The van der Waals surface area contributed by atoms with E-state index in [1.165, 1.54) is 32.1 Å². The number of carbonyl (C=O) groups excluding carboxylic acids is 1. The summed E-state index contributed by atoms with van der Waals surface area (Å²) in [4.78, 5) is 11.8. The molecule has 14 heavy (non-hydrogen) atoms. The van der Waals surface area contributed by atoms with Gasteiger partial charge in [0.05, 0.1) is 0 Å². The minimum atomic E-state index is 0.165. The van der Waals surface area contributed by atoms with Crippen molar-refractivity contribution in [1.29, 1.82) is 0 Å². The molecule has 1 N–H and O–H groups in total. The van der Waals surface area contributed by atoms with Gasteiger partial charge >= 0.3 is 0 Å². The van der Waals surface area contributed by atoms with Crippen LogP contribution < -0.4 is 5.32 Å². The molecule has 2 fully saturated rings. The number of Topliss-reactive ketones (excluding diaryl/α,β-unsaturated/α-hetero) is 1. The van der Waals surface area contributed by atoms with E-state index in [4.69, 9.17) is 0 Å². The fourth-order valence-electron chi connectivity index (χ4n) is 2.63. The van der Waals surface area contributed by atoms with Gasteiger partial charge in [0, 0.05) is 17.9 Å². The summed E-state index contributed by atoms with van der Waals surface area (Å²) >= 11 is 0. The second kappa shape index (κ2) is 4.01. The highest BCUT2D eigenvalue weighted by Gasteiger charge is 2.37. The van der Waals surface area contributed by atoms with Gasteiger partial charge in [-0.1, -0.05) is 19.3 Å². The molecule has 0 radical (unpaired) electrons. The summed E-state index contributed by atoms with van der Waals surface area (Å²) in [6.07, 6.45) is 9.41. The van der Waals surface area contributed by atoms with E-state index < -0.39 is 0 Å². The highest BCUT2D eigenvalue weighted by Crippen LogP contribution is 2.37. The fraction of sp³-hybridized carbons (Fsp3) is 0.917. The van der Waals surface area contributed by atoms with Crippen LogP contribution in [0.1, 0.15) is 51.4 Å². The van der Waals surface area contributed by atoms with Crippen molar-refractivity contribution in [3.05, 3.63) is 0 Å². The molecule has 0 saturated heterocycles. The summed E-state index contributed by atoms with van der Waals surface area (Å²) < 4.78 is 0. The molecule has 0 heterocycles. The first-order valence-corrected chi connectivity index (χ1v) is 5.97. The molecule has 0 bridgehead atoms. The zero-order valence-corrected chi connectivity index (χ0v) is 9.14. The standard InChI is InChI=1S/C12H21NO/c1-13-12(7-3-2-4-8-12)9-11(14)10-5-6-10/h10,13H,2-9H2,1H3. The van der Waals surface area contributed by atoms with Crippen molar-refractivity contribution >= 4 is 5.78 Å². The molecule has 2 saturated carbocycles. The summed E-state index contributed by atoms with van der Waals surface area (Å²) in [7, 11) is 2.02. The van der Waals surface area contributed by atoms with Gasteiger partial charge in [-0.3, -0.25) is 4.79 Å². The Morgan fingerprint density at radius 1 is 1.29 bits per heavy atom. The van der Waals surface area contributed by atoms with Crippen molar-refractivity contribution < 1.29 is 4.79 Å². The largest absolute Gasteiger partial charge is 0.314 e. The number of ketones is 1. The number of hydrogen-bond donors (Lipinski definition) is 1. The highest BCUT2D eigenvalue weighted by atomic mass is 16.1. The molecule has 2 aliphatic carbocycles. The Labute approximate surface area is 86.5 Å². The SMILES string of the molecule is CNC1(CC(=O)C2CC2)CCCCC1. The maximum absolute atomic E-state index is 11.8. The van der Waals surface area contributed by atoms with E-state index >= 15 is 0 Å². The van der Waals surface area contributed by atoms with E-state index in [0.717, 1.165) is 19.3 Å². The van der Waals surface area contributed by atoms with Crippen LogP contribution in [0.5, 0.6) is 0 Å². The van der Waals surface area contributed by atoms with Crippen molar-refractivity contribution in [2.24, 2.45) is 5.92 Å². The van der Waals surface area contributed by atoms with E-state index in [-0.39, 0.29) is 5.54 Å². The van der Waals surface area contributed by atoms with Crippen molar-refractivity contribution in [1.82, 2.24) is 5.32 Å². The average molecular weight is 195 g/mol. The normalized spacial score (nSPS) is 26.1. The Balaban J connectivity index is 1.92. The second-order valence-electron chi connectivity index (χ2n) is 5.01. The van der Waals surface area contributed by atoms with E-state index in [9.17, 15) is 4.79 Å². The van der Waals surface area contributed by atoms with Crippen LogP contribution in [0.2, 0.25) is 0 Å². The third kappa shape index (κ3) is 2.17. The topological polar surface area (TPSA) is 29.1 Å². The van der Waals surface area contributed by atoms with Crippen LogP contribution >= 0.6 is 0 Å². The van der Waals surface area contributed by atoms with Crippen LogP contribution in [-0.2, 0) is 4.79 Å². The summed E-state index contributed by atoms with van der Waals surface area (Å²) in [6.45, 7) is 0. The predicted octanol–water partition coefficient (Wildman–Crippen LogP) is 2.28. The van der Waals surface area contributed by atoms with E-state index in [2.05, 4.69) is 5.32 Å². The van der Waals surface area contributed by atoms with E-state index in [0.29, 0.717) is 11.7 Å². The van der Waals surface area contributed by atoms with Crippen LogP contribution in [0.4, 0.5) is 0 Å². The Kier molecular flexibility index (Phi) is 2.91. The molecule has 0 aromatic carbocycles. The van der Waals surface area contributed by atoms with Crippen LogP contribution in [0.3, 0.4) is 0 Å². The van der Waals surface area contributed by atoms with Gasteiger partial charge in [0.25, 0.3) is 0 Å². The van der Waals surface area contributed by atoms with Gasteiger partial charge in [-0.2, -0.15) is 0 Å². The monoisotopic (exact) mass is 195 g/mol. The fourth-order valence-corrected chi connectivity index (χ4v) is 2.63. The molecular formula is C12H21NO. The molecule has 0 aromatic rings. The lowest BCUT2D eigenvalue weighted by molar-refractivity contribution is -0.122. The van der Waals surface area contributed by atoms with Gasteiger partial charge in [0.2, 0.25) is 0 Å². The molecule has 0 spiro atoms. The highest BCUT2D eigenvalue weighted by molar-refractivity contribution is 5.84. The first-order chi connectivity index (χ1) is 6.76. The van der Waals surface area contributed by atoms with Crippen molar-refractivity contribution in [3.63, 3.8) is 0 Å². The Hall–Kier alpha value is -0.370. The van der Waals surface area contributed by atoms with Gasteiger partial charge < -0.3 is 5.32 Å². The van der Waals surface area contributed by atoms with Crippen LogP contribution in [0, 0.1) is 5.92 Å². The number of carbonyl (C=O) groups is 1. The predicted molar refractivity (Wildman–Crippen MR) is 57.2 cm³/mol. The zero-order chi connectivity index (χ0) is 10.0. The molecule has 2 nitrogen and oxygen atoms in total. The lowest BCUT2D eigenvalue weighted by Crippen LogP contribution is -2.46. The molecule has 0 amide bonds. The molecule has 0 aromatic heterocycles. The molecule has 0 aliphatic heterocycles. The summed E-state index contributed by atoms with van der Waals surface area (Å²) in [6, 6.07) is 0. The average Bonchev–Trinajstić information content (AvgIpc) is 3.02. The minimum absolute atomic E-state index is 0.165. The van der Waals surface area contributed by atoms with Gasteiger partial charge in [-0.25, -0.2) is 0 Å². The third-order valence-electron chi connectivity index (χ3n) is 3.89. The van der Waals surface area contributed by atoms with Gasteiger partial charge in [0.15, 0.2) is 0 Å². The minimum Gasteiger partial charge on any atom is -0.314 e. The molecule has 0 atom stereocenters. The molecule has 2 heteroatoms. The van der Waals surface area contributed by atoms with Gasteiger partial charge in [0.1, 0.15) is 5.78 Å². The Bertz CT molecular complexity index is 214. The maximum atomic E-state index is 11.8. The summed E-state index contributed by atoms with van der Waals surface area (Å²) in [5.41, 5.74) is 0.165. The summed E-state index contributed by atoms with van der Waals surface area (Å²) in [5.74, 6) is 0.948. The van der Waals surface area contributed by atoms with Crippen LogP contribution in [-0.4, -0.2) is 18.4 Å². The molecule has 80 valence electrons. The first kappa shape index (κ1) is 10.2. The number of hydrogen-bond acceptors (Lipinski definition) is 2. The van der Waals surface area contributed by atoms with Crippen LogP contribution in [0.15, 0.2) is 0 Å². The van der Waals surface area contributed by atoms with Crippen molar-refractivity contribution in [3.8, 4) is 0 Å². The quantitative estimate of drug-likeness (QED) is 0.745. The number of nitrogens with one attached hydrogen (secondary N) is 1. The van der Waals surface area contributed by atoms with Crippen molar-refractivity contribution in [2.75, 3.05) is 7.05 Å². The molecular weight excluding hydrogens is 174 g/mol. The van der Waals surface area contributed by atoms with Gasteiger partial charge in [-0.05, 0) is 32.7 Å². The van der Waals surface area contributed by atoms with Crippen LogP contribution in [0.25, 0.3) is 0 Å². The maximum Gasteiger partial charge on any atom is 0.137 e.